The molecule has 4 heteroatoms. The SMILES string of the molecule is CC(C)c1ccc(C(C)(N)C(F)(F)F)cc1. The molecule has 1 nitrogen and oxygen atoms in total. The third kappa shape index (κ3) is 2.38. The Labute approximate surface area is 93.5 Å². The zero-order chi connectivity index (χ0) is 12.6. The van der Waals surface area contributed by atoms with E-state index in [4.69, 9.17) is 5.73 Å². The summed E-state index contributed by atoms with van der Waals surface area (Å²) in [6.07, 6.45) is -4.44. The molecule has 2 N–H and O–H groups in total. The third-order valence-electron chi connectivity index (χ3n) is 2.77. The van der Waals surface area contributed by atoms with Crippen LogP contribution in [0.5, 0.6) is 0 Å². The van der Waals surface area contributed by atoms with Gasteiger partial charge in [-0.05, 0) is 24.0 Å². The number of benzene rings is 1. The van der Waals surface area contributed by atoms with Crippen LogP contribution in [0.2, 0.25) is 0 Å². The van der Waals surface area contributed by atoms with E-state index in [1.54, 1.807) is 12.1 Å². The first kappa shape index (κ1) is 13.0. The molecule has 1 unspecified atom stereocenters. The molecule has 90 valence electrons. The smallest absolute Gasteiger partial charge is 0.314 e. The molecule has 0 heterocycles. The summed E-state index contributed by atoms with van der Waals surface area (Å²) in [5.74, 6) is 0.295. The second kappa shape index (κ2) is 4.09. The van der Waals surface area contributed by atoms with E-state index in [-0.39, 0.29) is 5.56 Å². The van der Waals surface area contributed by atoms with Gasteiger partial charge < -0.3 is 5.73 Å². The maximum Gasteiger partial charge on any atom is 0.410 e. The molecule has 1 atom stereocenters. The molecule has 0 amide bonds. The second-order valence-corrected chi connectivity index (χ2v) is 4.48. The molecule has 0 aromatic heterocycles. The Kier molecular flexibility index (Phi) is 3.33. The molecule has 0 fully saturated rings. The van der Waals surface area contributed by atoms with E-state index < -0.39 is 11.7 Å². The Balaban J connectivity index is 3.07. The van der Waals surface area contributed by atoms with Crippen molar-refractivity contribution >= 4 is 0 Å². The molecule has 0 aliphatic rings. The first-order valence-electron chi connectivity index (χ1n) is 5.12. The predicted molar refractivity (Wildman–Crippen MR) is 58.1 cm³/mol. The fourth-order valence-electron chi connectivity index (χ4n) is 1.38. The summed E-state index contributed by atoms with van der Waals surface area (Å²) in [4.78, 5) is 0. The van der Waals surface area contributed by atoms with Crippen molar-refractivity contribution in [1.82, 2.24) is 0 Å². The summed E-state index contributed by atoms with van der Waals surface area (Å²) in [7, 11) is 0. The van der Waals surface area contributed by atoms with Crippen molar-refractivity contribution in [2.75, 3.05) is 0 Å². The Morgan fingerprint density at radius 1 is 1.06 bits per heavy atom. The monoisotopic (exact) mass is 231 g/mol. The highest BCUT2D eigenvalue weighted by Crippen LogP contribution is 2.36. The maximum absolute atomic E-state index is 12.7. The van der Waals surface area contributed by atoms with Crippen LogP contribution in [0.1, 0.15) is 37.8 Å². The van der Waals surface area contributed by atoms with E-state index in [1.807, 2.05) is 13.8 Å². The van der Waals surface area contributed by atoms with Gasteiger partial charge in [-0.25, -0.2) is 0 Å². The van der Waals surface area contributed by atoms with Gasteiger partial charge in [-0.3, -0.25) is 0 Å². The molecule has 16 heavy (non-hydrogen) atoms. The molecule has 1 aromatic rings. The molecular formula is C12H16F3N. The Morgan fingerprint density at radius 2 is 1.50 bits per heavy atom. The van der Waals surface area contributed by atoms with Crippen LogP contribution in [-0.4, -0.2) is 6.18 Å². The number of hydrogen-bond donors (Lipinski definition) is 1. The van der Waals surface area contributed by atoms with Crippen LogP contribution < -0.4 is 5.73 Å². The molecule has 0 aliphatic carbocycles. The Bertz CT molecular complexity index is 350. The Hall–Kier alpha value is -1.03. The van der Waals surface area contributed by atoms with Gasteiger partial charge in [0.05, 0.1) is 0 Å². The first-order chi connectivity index (χ1) is 7.16. The lowest BCUT2D eigenvalue weighted by molar-refractivity contribution is -0.184. The lowest BCUT2D eigenvalue weighted by atomic mass is 9.90. The van der Waals surface area contributed by atoms with Crippen LogP contribution >= 0.6 is 0 Å². The first-order valence-corrected chi connectivity index (χ1v) is 5.12. The van der Waals surface area contributed by atoms with E-state index in [0.29, 0.717) is 5.92 Å². The Morgan fingerprint density at radius 3 is 1.81 bits per heavy atom. The highest BCUT2D eigenvalue weighted by Gasteiger charge is 2.49. The zero-order valence-electron chi connectivity index (χ0n) is 9.60. The minimum Gasteiger partial charge on any atom is -0.314 e. The van der Waals surface area contributed by atoms with Gasteiger partial charge in [0.1, 0.15) is 5.54 Å². The average molecular weight is 231 g/mol. The summed E-state index contributed by atoms with van der Waals surface area (Å²) >= 11 is 0. The number of alkyl halides is 3. The molecule has 1 rings (SSSR count). The summed E-state index contributed by atoms with van der Waals surface area (Å²) in [6, 6.07) is 6.28. The van der Waals surface area contributed by atoms with Crippen molar-refractivity contribution in [2.45, 2.75) is 38.4 Å². The summed E-state index contributed by atoms with van der Waals surface area (Å²) < 4.78 is 38.0. The van der Waals surface area contributed by atoms with Gasteiger partial charge >= 0.3 is 6.18 Å². The normalized spacial score (nSPS) is 16.2. The predicted octanol–water partition coefficient (Wildman–Crippen LogP) is 3.55. The highest BCUT2D eigenvalue weighted by atomic mass is 19.4. The molecule has 0 spiro atoms. The topological polar surface area (TPSA) is 26.0 Å². The van der Waals surface area contributed by atoms with Crippen LogP contribution in [0.4, 0.5) is 13.2 Å². The second-order valence-electron chi connectivity index (χ2n) is 4.48. The van der Waals surface area contributed by atoms with Crippen LogP contribution in [0.15, 0.2) is 24.3 Å². The van der Waals surface area contributed by atoms with Crippen molar-refractivity contribution in [1.29, 1.82) is 0 Å². The van der Waals surface area contributed by atoms with E-state index in [1.165, 1.54) is 12.1 Å². The molecule has 0 radical (unpaired) electrons. The molecular weight excluding hydrogens is 215 g/mol. The number of halogens is 3. The van der Waals surface area contributed by atoms with E-state index in [2.05, 4.69) is 0 Å². The highest BCUT2D eigenvalue weighted by molar-refractivity contribution is 5.30. The average Bonchev–Trinajstić information content (AvgIpc) is 2.16. The zero-order valence-corrected chi connectivity index (χ0v) is 9.60. The minimum atomic E-state index is -4.44. The van der Waals surface area contributed by atoms with Gasteiger partial charge in [0.25, 0.3) is 0 Å². The van der Waals surface area contributed by atoms with E-state index in [0.717, 1.165) is 12.5 Å². The van der Waals surface area contributed by atoms with Crippen LogP contribution in [-0.2, 0) is 5.54 Å². The van der Waals surface area contributed by atoms with E-state index in [9.17, 15) is 13.2 Å². The maximum atomic E-state index is 12.7. The van der Waals surface area contributed by atoms with Gasteiger partial charge in [0.15, 0.2) is 0 Å². The summed E-state index contributed by atoms with van der Waals surface area (Å²) in [6.45, 7) is 4.96. The van der Waals surface area contributed by atoms with Gasteiger partial charge in [-0.1, -0.05) is 38.1 Å². The quantitative estimate of drug-likeness (QED) is 0.827. The van der Waals surface area contributed by atoms with Gasteiger partial charge in [-0.15, -0.1) is 0 Å². The van der Waals surface area contributed by atoms with Crippen LogP contribution in [0.25, 0.3) is 0 Å². The number of nitrogens with two attached hydrogens (primary N) is 1. The standard InChI is InChI=1S/C12H16F3N/c1-8(2)9-4-6-10(7-5-9)11(3,16)12(13,14)15/h4-8H,16H2,1-3H3. The fourth-order valence-corrected chi connectivity index (χ4v) is 1.38. The van der Waals surface area contributed by atoms with Crippen molar-refractivity contribution < 1.29 is 13.2 Å². The lowest BCUT2D eigenvalue weighted by Gasteiger charge is -2.28. The molecule has 1 aromatic carbocycles. The van der Waals surface area contributed by atoms with Crippen molar-refractivity contribution in [3.8, 4) is 0 Å². The largest absolute Gasteiger partial charge is 0.410 e. The number of rotatable bonds is 2. The summed E-state index contributed by atoms with van der Waals surface area (Å²) in [5, 5.41) is 0. The van der Waals surface area contributed by atoms with Gasteiger partial charge in [0, 0.05) is 0 Å². The summed E-state index contributed by atoms with van der Waals surface area (Å²) in [5.41, 5.74) is 4.12. The molecule has 0 bridgehead atoms. The minimum absolute atomic E-state index is 0.0874. The lowest BCUT2D eigenvalue weighted by Crippen LogP contribution is -2.47. The van der Waals surface area contributed by atoms with E-state index >= 15 is 0 Å². The third-order valence-corrected chi connectivity index (χ3v) is 2.77. The van der Waals surface area contributed by atoms with Crippen molar-refractivity contribution in [3.05, 3.63) is 35.4 Å². The van der Waals surface area contributed by atoms with Crippen molar-refractivity contribution in [2.24, 2.45) is 5.73 Å². The number of hydrogen-bond acceptors (Lipinski definition) is 1. The van der Waals surface area contributed by atoms with Gasteiger partial charge in [0.2, 0.25) is 0 Å². The molecule has 0 aliphatic heterocycles. The van der Waals surface area contributed by atoms with Crippen LogP contribution in [0, 0.1) is 0 Å². The molecule has 0 saturated heterocycles. The van der Waals surface area contributed by atoms with Crippen molar-refractivity contribution in [3.63, 3.8) is 0 Å². The fraction of sp³-hybridized carbons (Fsp3) is 0.500. The molecule has 0 saturated carbocycles. The van der Waals surface area contributed by atoms with Gasteiger partial charge in [-0.2, -0.15) is 13.2 Å². The van der Waals surface area contributed by atoms with Crippen LogP contribution in [0.3, 0.4) is 0 Å².